The third-order valence-electron chi connectivity index (χ3n) is 6.18. The molecule has 0 fully saturated rings. The number of amides is 2. The lowest BCUT2D eigenvalue weighted by Gasteiger charge is -2.33. The molecule has 0 spiro atoms. The number of nitrogens with zero attached hydrogens (tertiary/aromatic N) is 2. The smallest absolute Gasteiger partial charge is 0.264 e. The van der Waals surface area contributed by atoms with Crippen LogP contribution in [0.25, 0.3) is 0 Å². The van der Waals surface area contributed by atoms with Gasteiger partial charge in [-0.15, -0.1) is 0 Å². The van der Waals surface area contributed by atoms with E-state index in [9.17, 15) is 22.4 Å². The Balaban J connectivity index is 2.08. The molecule has 0 aliphatic rings. The van der Waals surface area contributed by atoms with Gasteiger partial charge >= 0.3 is 0 Å². The van der Waals surface area contributed by atoms with Crippen LogP contribution in [-0.4, -0.2) is 43.8 Å². The molecule has 0 radical (unpaired) electrons. The first-order valence-electron chi connectivity index (χ1n) is 12.7. The van der Waals surface area contributed by atoms with E-state index in [1.165, 1.54) is 11.0 Å². The van der Waals surface area contributed by atoms with E-state index in [1.54, 1.807) is 57.2 Å². The number of nitrogens with one attached hydrogen (secondary N) is 1. The first kappa shape index (κ1) is 31.4. The molecule has 40 heavy (non-hydrogen) atoms. The number of rotatable bonds is 11. The summed E-state index contributed by atoms with van der Waals surface area (Å²) in [6, 6.07) is 14.7. The highest BCUT2D eigenvalue weighted by Crippen LogP contribution is 2.27. The number of hydrogen-bond donors (Lipinski definition) is 1. The second-order valence-electron chi connectivity index (χ2n) is 9.65. The van der Waals surface area contributed by atoms with Gasteiger partial charge in [0, 0.05) is 22.6 Å². The van der Waals surface area contributed by atoms with Crippen molar-refractivity contribution in [3.05, 3.63) is 93.7 Å². The van der Waals surface area contributed by atoms with Gasteiger partial charge in [0.25, 0.3) is 10.0 Å². The Hall–Kier alpha value is -3.14. The number of carbonyl (C=O) groups is 2. The predicted molar refractivity (Wildman–Crippen MR) is 156 cm³/mol. The third kappa shape index (κ3) is 7.74. The summed E-state index contributed by atoms with van der Waals surface area (Å²) in [7, 11) is -4.30. The minimum absolute atomic E-state index is 0.0583. The lowest BCUT2D eigenvalue weighted by atomic mass is 10.1. The fourth-order valence-electron chi connectivity index (χ4n) is 4.11. The van der Waals surface area contributed by atoms with Gasteiger partial charge in [0.05, 0.1) is 10.6 Å². The topological polar surface area (TPSA) is 86.8 Å². The van der Waals surface area contributed by atoms with E-state index in [4.69, 9.17) is 23.2 Å². The highest BCUT2D eigenvalue weighted by Gasteiger charge is 2.34. The van der Waals surface area contributed by atoms with Crippen LogP contribution >= 0.6 is 23.2 Å². The summed E-state index contributed by atoms with van der Waals surface area (Å²) in [5.74, 6) is -1.59. The molecule has 3 aromatic rings. The van der Waals surface area contributed by atoms with Gasteiger partial charge in [-0.3, -0.25) is 13.9 Å². The Kier molecular flexibility index (Phi) is 10.6. The third-order valence-corrected chi connectivity index (χ3v) is 8.55. The molecule has 0 saturated heterocycles. The predicted octanol–water partition coefficient (Wildman–Crippen LogP) is 5.97. The van der Waals surface area contributed by atoms with Crippen molar-refractivity contribution in [3.63, 3.8) is 0 Å². The van der Waals surface area contributed by atoms with Crippen LogP contribution in [0.3, 0.4) is 0 Å². The van der Waals surface area contributed by atoms with Gasteiger partial charge in [-0.2, -0.15) is 0 Å². The van der Waals surface area contributed by atoms with Crippen LogP contribution < -0.4 is 9.62 Å². The molecule has 0 aromatic heterocycles. The van der Waals surface area contributed by atoms with E-state index in [0.717, 1.165) is 34.1 Å². The van der Waals surface area contributed by atoms with Gasteiger partial charge in [0.2, 0.25) is 11.8 Å². The van der Waals surface area contributed by atoms with Crippen LogP contribution in [0, 0.1) is 12.7 Å². The van der Waals surface area contributed by atoms with Crippen molar-refractivity contribution >= 4 is 50.7 Å². The number of hydrogen-bond acceptors (Lipinski definition) is 4. The van der Waals surface area contributed by atoms with Crippen LogP contribution in [0.4, 0.5) is 10.1 Å². The minimum Gasteiger partial charge on any atom is -0.352 e. The number of anilines is 1. The molecule has 214 valence electrons. The van der Waals surface area contributed by atoms with Crippen molar-refractivity contribution in [1.82, 2.24) is 10.2 Å². The lowest BCUT2D eigenvalue weighted by molar-refractivity contribution is -0.140. The maximum atomic E-state index is 14.0. The average Bonchev–Trinajstić information content (AvgIpc) is 2.88. The van der Waals surface area contributed by atoms with E-state index >= 15 is 0 Å². The fraction of sp³-hybridized carbons (Fsp3) is 0.310. The van der Waals surface area contributed by atoms with E-state index in [-0.39, 0.29) is 35.5 Å². The van der Waals surface area contributed by atoms with Gasteiger partial charge in [0.15, 0.2) is 0 Å². The minimum atomic E-state index is -4.30. The monoisotopic (exact) mass is 607 g/mol. The summed E-state index contributed by atoms with van der Waals surface area (Å²) in [5, 5.41) is 3.55. The van der Waals surface area contributed by atoms with Crippen molar-refractivity contribution in [2.75, 3.05) is 10.8 Å². The van der Waals surface area contributed by atoms with Crippen LogP contribution in [0.1, 0.15) is 38.3 Å². The van der Waals surface area contributed by atoms with Crippen molar-refractivity contribution in [1.29, 1.82) is 0 Å². The Bertz CT molecular complexity index is 1450. The molecule has 0 bridgehead atoms. The number of halogens is 3. The quantitative estimate of drug-likeness (QED) is 0.291. The molecule has 1 N–H and O–H groups in total. The average molecular weight is 609 g/mol. The zero-order chi connectivity index (χ0) is 29.6. The first-order valence-corrected chi connectivity index (χ1v) is 14.9. The van der Waals surface area contributed by atoms with Crippen LogP contribution in [0.5, 0.6) is 0 Å². The molecule has 11 heteroatoms. The van der Waals surface area contributed by atoms with E-state index < -0.39 is 34.3 Å². The van der Waals surface area contributed by atoms with Gasteiger partial charge in [0.1, 0.15) is 18.4 Å². The van der Waals surface area contributed by atoms with E-state index in [2.05, 4.69) is 5.32 Å². The molecule has 0 aliphatic heterocycles. The van der Waals surface area contributed by atoms with Crippen molar-refractivity contribution < 1.29 is 22.4 Å². The van der Waals surface area contributed by atoms with E-state index in [0.29, 0.717) is 15.6 Å². The number of carbonyl (C=O) groups excluding carboxylic acids is 2. The van der Waals surface area contributed by atoms with Crippen molar-refractivity contribution in [3.8, 4) is 0 Å². The number of benzene rings is 3. The van der Waals surface area contributed by atoms with Gasteiger partial charge in [-0.1, -0.05) is 53.9 Å². The molecular weight excluding hydrogens is 576 g/mol. The summed E-state index contributed by atoms with van der Waals surface area (Å²) >= 11 is 12.5. The second kappa shape index (κ2) is 13.5. The summed E-state index contributed by atoms with van der Waals surface area (Å²) in [5.41, 5.74) is 1.68. The van der Waals surface area contributed by atoms with Gasteiger partial charge in [-0.05, 0) is 81.3 Å². The Morgan fingerprint density at radius 3 is 2.15 bits per heavy atom. The summed E-state index contributed by atoms with van der Waals surface area (Å²) in [6.07, 6.45) is 0.269. The normalized spacial score (nSPS) is 12.2. The molecule has 1 atom stereocenters. The molecule has 0 saturated carbocycles. The SMILES string of the molecule is CCC(C(=O)NC(C)C)N(Cc1ccc(Cl)cc1Cl)C(=O)CN(c1ccc(C)cc1)S(=O)(=O)c1ccc(F)cc1. The largest absolute Gasteiger partial charge is 0.352 e. The summed E-state index contributed by atoms with van der Waals surface area (Å²) < 4.78 is 42.1. The lowest BCUT2D eigenvalue weighted by Crippen LogP contribution is -2.53. The van der Waals surface area contributed by atoms with Gasteiger partial charge in [-0.25, -0.2) is 12.8 Å². The zero-order valence-corrected chi connectivity index (χ0v) is 25.0. The fourth-order valence-corrected chi connectivity index (χ4v) is 5.99. The highest BCUT2D eigenvalue weighted by atomic mass is 35.5. The number of sulfonamides is 1. The Morgan fingerprint density at radius 2 is 1.60 bits per heavy atom. The molecule has 7 nitrogen and oxygen atoms in total. The second-order valence-corrected chi connectivity index (χ2v) is 12.4. The molecule has 3 aromatic carbocycles. The summed E-state index contributed by atoms with van der Waals surface area (Å²) in [4.78, 5) is 28.3. The van der Waals surface area contributed by atoms with Crippen LogP contribution in [-0.2, 0) is 26.2 Å². The van der Waals surface area contributed by atoms with E-state index in [1.807, 2.05) is 6.92 Å². The zero-order valence-electron chi connectivity index (χ0n) is 22.7. The molecule has 2 amide bonds. The summed E-state index contributed by atoms with van der Waals surface area (Å²) in [6.45, 7) is 6.56. The molecule has 1 unspecified atom stereocenters. The van der Waals surface area contributed by atoms with Crippen LogP contribution in [0.15, 0.2) is 71.6 Å². The van der Waals surface area contributed by atoms with Crippen LogP contribution in [0.2, 0.25) is 10.0 Å². The molecule has 0 heterocycles. The maximum absolute atomic E-state index is 14.0. The number of aryl methyl sites for hydroxylation is 1. The maximum Gasteiger partial charge on any atom is 0.264 e. The molecular formula is C29H32Cl2FN3O4S. The Labute approximate surface area is 244 Å². The Morgan fingerprint density at radius 1 is 0.975 bits per heavy atom. The van der Waals surface area contributed by atoms with Gasteiger partial charge < -0.3 is 10.2 Å². The first-order chi connectivity index (χ1) is 18.8. The van der Waals surface area contributed by atoms with Crippen molar-refractivity contribution in [2.24, 2.45) is 0 Å². The highest BCUT2D eigenvalue weighted by molar-refractivity contribution is 7.92. The molecule has 3 rings (SSSR count). The standard InChI is InChI=1S/C29H32Cl2FN3O4S/c1-5-27(29(37)33-19(2)3)34(17-21-8-9-22(30)16-26(21)31)28(36)18-35(24-12-6-20(4)7-13-24)40(38,39)25-14-10-23(32)11-15-25/h6-16,19,27H,5,17-18H2,1-4H3,(H,33,37). The molecule has 0 aliphatic carbocycles. The van der Waals surface area contributed by atoms with Crippen molar-refractivity contribution in [2.45, 2.75) is 57.6 Å².